The highest BCUT2D eigenvalue weighted by atomic mass is 32.2. The Morgan fingerprint density at radius 3 is 2.42 bits per heavy atom. The Morgan fingerprint density at radius 2 is 1.69 bits per heavy atom. The van der Waals surface area contributed by atoms with Crippen LogP contribution < -0.4 is 4.72 Å². The molecule has 2 aromatic carbocycles. The Kier molecular flexibility index (Phi) is 5.32. The molecule has 3 rings (SSSR count). The zero-order valence-electron chi connectivity index (χ0n) is 15.2. The van der Waals surface area contributed by atoms with Crippen LogP contribution in [-0.4, -0.2) is 32.3 Å². The SMILES string of the molecule is Cc1ccc(C)c(S(=O)(=O)Nc2ccccc2C(=O)N2CCCCC2)c1. The fraction of sp³-hybridized carbons (Fsp3) is 0.350. The number of amides is 1. The number of carbonyl (C=O) groups excluding carboxylic acids is 1. The van der Waals surface area contributed by atoms with Crippen LogP contribution >= 0.6 is 0 Å². The van der Waals surface area contributed by atoms with Gasteiger partial charge in [0.25, 0.3) is 15.9 Å². The van der Waals surface area contributed by atoms with Gasteiger partial charge < -0.3 is 4.90 Å². The van der Waals surface area contributed by atoms with Crippen molar-refractivity contribution in [1.29, 1.82) is 0 Å². The third-order valence-corrected chi connectivity index (χ3v) is 6.19. The van der Waals surface area contributed by atoms with E-state index >= 15 is 0 Å². The molecule has 1 saturated heterocycles. The van der Waals surface area contributed by atoms with E-state index in [4.69, 9.17) is 0 Å². The molecule has 0 radical (unpaired) electrons. The first-order valence-corrected chi connectivity index (χ1v) is 10.4. The first-order chi connectivity index (χ1) is 12.4. The summed E-state index contributed by atoms with van der Waals surface area (Å²) < 4.78 is 28.4. The van der Waals surface area contributed by atoms with Gasteiger partial charge in [0.05, 0.1) is 16.1 Å². The number of benzene rings is 2. The second-order valence-electron chi connectivity index (χ2n) is 6.77. The summed E-state index contributed by atoms with van der Waals surface area (Å²) in [6.45, 7) is 5.05. The summed E-state index contributed by atoms with van der Waals surface area (Å²) in [4.78, 5) is 14.9. The Labute approximate surface area is 155 Å². The predicted octanol–water partition coefficient (Wildman–Crippen LogP) is 3.73. The summed E-state index contributed by atoms with van der Waals surface area (Å²) in [6.07, 6.45) is 3.11. The number of nitrogens with one attached hydrogen (secondary N) is 1. The van der Waals surface area contributed by atoms with Crippen LogP contribution in [0.3, 0.4) is 0 Å². The number of hydrogen-bond acceptors (Lipinski definition) is 3. The van der Waals surface area contributed by atoms with Crippen LogP contribution in [0.4, 0.5) is 5.69 Å². The lowest BCUT2D eigenvalue weighted by atomic mass is 10.1. The molecule has 1 fully saturated rings. The van der Waals surface area contributed by atoms with Gasteiger partial charge >= 0.3 is 0 Å². The van der Waals surface area contributed by atoms with E-state index in [0.29, 0.717) is 16.8 Å². The molecule has 1 N–H and O–H groups in total. The van der Waals surface area contributed by atoms with Crippen LogP contribution in [0.2, 0.25) is 0 Å². The van der Waals surface area contributed by atoms with Gasteiger partial charge in [-0.05, 0) is 62.4 Å². The van der Waals surface area contributed by atoms with Gasteiger partial charge in [-0.3, -0.25) is 9.52 Å². The number of para-hydroxylation sites is 1. The summed E-state index contributed by atoms with van der Waals surface area (Å²) >= 11 is 0. The van der Waals surface area contributed by atoms with Crippen molar-refractivity contribution >= 4 is 21.6 Å². The van der Waals surface area contributed by atoms with Crippen molar-refractivity contribution in [1.82, 2.24) is 4.90 Å². The molecule has 0 bridgehead atoms. The van der Waals surface area contributed by atoms with Crippen molar-refractivity contribution < 1.29 is 13.2 Å². The van der Waals surface area contributed by atoms with Crippen LogP contribution in [0.15, 0.2) is 47.4 Å². The smallest absolute Gasteiger partial charge is 0.262 e. The lowest BCUT2D eigenvalue weighted by Gasteiger charge is -2.27. The minimum Gasteiger partial charge on any atom is -0.339 e. The maximum Gasteiger partial charge on any atom is 0.262 e. The second-order valence-corrected chi connectivity index (χ2v) is 8.42. The Morgan fingerprint density at radius 1 is 1.00 bits per heavy atom. The van der Waals surface area contributed by atoms with Gasteiger partial charge in [-0.1, -0.05) is 24.3 Å². The van der Waals surface area contributed by atoms with Crippen molar-refractivity contribution in [3.63, 3.8) is 0 Å². The maximum atomic E-state index is 12.9. The van der Waals surface area contributed by atoms with Gasteiger partial charge in [0.15, 0.2) is 0 Å². The fourth-order valence-electron chi connectivity index (χ4n) is 3.22. The lowest BCUT2D eigenvalue weighted by molar-refractivity contribution is 0.0725. The normalized spacial score (nSPS) is 14.9. The average molecular weight is 372 g/mol. The standard InChI is InChI=1S/C20H24N2O3S/c1-15-10-11-16(2)19(14-15)26(24,25)21-18-9-5-4-8-17(18)20(23)22-12-6-3-7-13-22/h4-5,8-11,14,21H,3,6-7,12-13H2,1-2H3. The minimum atomic E-state index is -3.77. The summed E-state index contributed by atoms with van der Waals surface area (Å²) in [5, 5.41) is 0. The molecular weight excluding hydrogens is 348 g/mol. The van der Waals surface area contributed by atoms with Gasteiger partial charge in [0.1, 0.15) is 0 Å². The maximum absolute atomic E-state index is 12.9. The number of hydrogen-bond donors (Lipinski definition) is 1. The third-order valence-electron chi connectivity index (χ3n) is 4.68. The lowest BCUT2D eigenvalue weighted by Crippen LogP contribution is -2.36. The highest BCUT2D eigenvalue weighted by molar-refractivity contribution is 7.92. The molecule has 138 valence electrons. The number of carbonyl (C=O) groups is 1. The average Bonchev–Trinajstić information content (AvgIpc) is 2.64. The number of piperidine rings is 1. The number of anilines is 1. The fourth-order valence-corrected chi connectivity index (χ4v) is 4.63. The summed E-state index contributed by atoms with van der Waals surface area (Å²) in [5.41, 5.74) is 2.25. The molecule has 5 nitrogen and oxygen atoms in total. The van der Waals surface area contributed by atoms with Gasteiger partial charge in [0, 0.05) is 13.1 Å². The molecule has 1 aliphatic rings. The predicted molar refractivity (Wildman–Crippen MR) is 103 cm³/mol. The number of rotatable bonds is 4. The highest BCUT2D eigenvalue weighted by Gasteiger charge is 2.24. The number of aryl methyl sites for hydroxylation is 2. The first kappa shape index (κ1) is 18.5. The molecule has 1 amide bonds. The topological polar surface area (TPSA) is 66.5 Å². The minimum absolute atomic E-state index is 0.121. The van der Waals surface area contributed by atoms with Crippen LogP contribution in [0.1, 0.15) is 40.7 Å². The van der Waals surface area contributed by atoms with E-state index in [1.165, 1.54) is 0 Å². The Bertz CT molecular complexity index is 916. The molecule has 0 saturated carbocycles. The molecule has 6 heteroatoms. The molecule has 2 aromatic rings. The number of nitrogens with zero attached hydrogens (tertiary/aromatic N) is 1. The first-order valence-electron chi connectivity index (χ1n) is 8.87. The van der Waals surface area contributed by atoms with Gasteiger partial charge in [-0.15, -0.1) is 0 Å². The largest absolute Gasteiger partial charge is 0.339 e. The van der Waals surface area contributed by atoms with E-state index in [9.17, 15) is 13.2 Å². The molecular formula is C20H24N2O3S. The Hall–Kier alpha value is -2.34. The third kappa shape index (κ3) is 3.90. The number of likely N-dealkylation sites (tertiary alicyclic amines) is 1. The van der Waals surface area contributed by atoms with Crippen molar-refractivity contribution in [2.24, 2.45) is 0 Å². The van der Waals surface area contributed by atoms with Crippen molar-refractivity contribution in [3.05, 3.63) is 59.2 Å². The zero-order valence-corrected chi connectivity index (χ0v) is 16.0. The summed E-state index contributed by atoms with van der Waals surface area (Å²) in [5.74, 6) is -0.121. The van der Waals surface area contributed by atoms with Crippen molar-refractivity contribution in [2.45, 2.75) is 38.0 Å². The van der Waals surface area contributed by atoms with Gasteiger partial charge in [0.2, 0.25) is 0 Å². The van der Waals surface area contributed by atoms with E-state index in [1.54, 1.807) is 48.2 Å². The summed E-state index contributed by atoms with van der Waals surface area (Å²) in [6, 6.07) is 12.1. The number of sulfonamides is 1. The van der Waals surface area contributed by atoms with E-state index in [2.05, 4.69) is 4.72 Å². The molecule has 0 atom stereocenters. The van der Waals surface area contributed by atoms with Crippen LogP contribution in [-0.2, 0) is 10.0 Å². The molecule has 0 unspecified atom stereocenters. The molecule has 26 heavy (non-hydrogen) atoms. The van der Waals surface area contributed by atoms with E-state index in [1.807, 2.05) is 13.0 Å². The van der Waals surface area contributed by atoms with E-state index in [0.717, 1.165) is 37.9 Å². The van der Waals surface area contributed by atoms with E-state index < -0.39 is 10.0 Å². The van der Waals surface area contributed by atoms with Crippen LogP contribution in [0.25, 0.3) is 0 Å². The second kappa shape index (κ2) is 7.50. The Balaban J connectivity index is 1.93. The van der Waals surface area contributed by atoms with Gasteiger partial charge in [-0.25, -0.2) is 8.42 Å². The van der Waals surface area contributed by atoms with E-state index in [-0.39, 0.29) is 10.8 Å². The molecule has 1 aliphatic heterocycles. The highest BCUT2D eigenvalue weighted by Crippen LogP contribution is 2.25. The van der Waals surface area contributed by atoms with Crippen LogP contribution in [0, 0.1) is 13.8 Å². The monoisotopic (exact) mass is 372 g/mol. The van der Waals surface area contributed by atoms with Crippen molar-refractivity contribution in [3.8, 4) is 0 Å². The molecule has 0 aromatic heterocycles. The molecule has 0 spiro atoms. The van der Waals surface area contributed by atoms with Crippen molar-refractivity contribution in [2.75, 3.05) is 17.8 Å². The molecule has 0 aliphatic carbocycles. The summed E-state index contributed by atoms with van der Waals surface area (Å²) in [7, 11) is -3.77. The zero-order chi connectivity index (χ0) is 18.7. The van der Waals surface area contributed by atoms with Crippen LogP contribution in [0.5, 0.6) is 0 Å². The van der Waals surface area contributed by atoms with Gasteiger partial charge in [-0.2, -0.15) is 0 Å². The quantitative estimate of drug-likeness (QED) is 0.889. The molecule has 1 heterocycles.